The van der Waals surface area contributed by atoms with Gasteiger partial charge in [-0.3, -0.25) is 29.2 Å². The van der Waals surface area contributed by atoms with E-state index >= 15 is 0 Å². The second-order valence-electron chi connectivity index (χ2n) is 13.0. The summed E-state index contributed by atoms with van der Waals surface area (Å²) in [7, 11) is 1.47. The molecule has 4 amide bonds. The highest BCUT2D eigenvalue weighted by Gasteiger charge is 2.23. The van der Waals surface area contributed by atoms with Crippen molar-refractivity contribution in [2.75, 3.05) is 25.6 Å². The first-order valence-corrected chi connectivity index (χ1v) is 18.7. The van der Waals surface area contributed by atoms with Crippen molar-refractivity contribution in [2.24, 2.45) is 16.5 Å². The highest BCUT2D eigenvalue weighted by molar-refractivity contribution is 7.16. The van der Waals surface area contributed by atoms with E-state index in [1.54, 1.807) is 32.9 Å². The van der Waals surface area contributed by atoms with Crippen molar-refractivity contribution in [2.45, 2.75) is 59.8 Å². The lowest BCUT2D eigenvalue weighted by molar-refractivity contribution is 0.0982. The number of methoxy groups -OCH3 is 1. The minimum Gasteiger partial charge on any atom is -0.494 e. The number of fused-ring (bicyclic) bond motifs is 2. The number of nitrogens with one attached hydrogen (secondary N) is 1. The van der Waals surface area contributed by atoms with Gasteiger partial charge in [0.2, 0.25) is 23.6 Å². The van der Waals surface area contributed by atoms with Gasteiger partial charge in [0.25, 0.3) is 11.8 Å². The summed E-state index contributed by atoms with van der Waals surface area (Å²) in [6.45, 7) is 8.18. The summed E-state index contributed by atoms with van der Waals surface area (Å²) >= 11 is 1.19. The van der Waals surface area contributed by atoms with Crippen LogP contribution in [-0.2, 0) is 19.6 Å². The Bertz CT molecular complexity index is 2610. The Labute approximate surface area is 329 Å². The van der Waals surface area contributed by atoms with E-state index in [0.717, 1.165) is 0 Å². The van der Waals surface area contributed by atoms with Crippen molar-refractivity contribution in [3.05, 3.63) is 82.0 Å². The number of allylic oxidation sites excluding steroid dienone is 2. The largest absolute Gasteiger partial charge is 0.494 e. The molecule has 6 aromatic rings. The van der Waals surface area contributed by atoms with Crippen LogP contribution in [0.4, 0.5) is 5.95 Å². The molecule has 0 saturated carbocycles. The van der Waals surface area contributed by atoms with Crippen molar-refractivity contribution in [3.63, 3.8) is 0 Å². The van der Waals surface area contributed by atoms with Gasteiger partial charge in [-0.1, -0.05) is 23.5 Å². The Morgan fingerprint density at radius 2 is 1.70 bits per heavy atom. The maximum Gasteiger partial charge on any atom is 0.297 e. The highest BCUT2D eigenvalue weighted by Crippen LogP contribution is 2.32. The van der Waals surface area contributed by atoms with Crippen molar-refractivity contribution in [3.8, 4) is 11.5 Å². The van der Waals surface area contributed by atoms with Crippen LogP contribution < -0.4 is 31.1 Å². The quantitative estimate of drug-likeness (QED) is 0.0818. The number of carbonyl (C=O) groups is 4. The maximum absolute atomic E-state index is 13.6. The molecule has 6 N–H and O–H groups in total. The second-order valence-corrected chi connectivity index (χ2v) is 14.0. The number of aryl methyl sites for hydroxylation is 2. The zero-order valence-corrected chi connectivity index (χ0v) is 32.7. The van der Waals surface area contributed by atoms with Crippen LogP contribution in [0.5, 0.6) is 11.5 Å². The summed E-state index contributed by atoms with van der Waals surface area (Å²) < 4.78 is 18.8. The van der Waals surface area contributed by atoms with Crippen LogP contribution in [0.1, 0.15) is 80.8 Å². The summed E-state index contributed by atoms with van der Waals surface area (Å²) in [5.74, 6) is -1.63. The SMILES string of the molecule is CCn1nc(C)cc1C(=O)/N=c1\sc2cc(C(N)=O)cc(OC)c2n1C/C=C/Cn1c(NC(=O)c2ncnn2C(C)C)nc2cc(C(N)=O)cc(OCCCO)c21. The predicted molar refractivity (Wildman–Crippen MR) is 210 cm³/mol. The fourth-order valence-corrected chi connectivity index (χ4v) is 7.23. The van der Waals surface area contributed by atoms with E-state index < -0.39 is 23.6 Å². The number of carbonyl (C=O) groups excluding carboxylic acids is 4. The van der Waals surface area contributed by atoms with E-state index in [0.29, 0.717) is 56.2 Å². The molecule has 57 heavy (non-hydrogen) atoms. The molecule has 0 fully saturated rings. The van der Waals surface area contributed by atoms with E-state index in [9.17, 15) is 24.3 Å². The minimum absolute atomic E-state index is 0.0635. The number of imidazole rings is 1. The number of aliphatic hydroxyl groups excluding tert-OH is 1. The summed E-state index contributed by atoms with van der Waals surface area (Å²) in [5, 5.41) is 20.8. The summed E-state index contributed by atoms with van der Waals surface area (Å²) in [4.78, 5) is 65.3. The zero-order chi connectivity index (χ0) is 41.0. The monoisotopic (exact) mass is 798 g/mol. The molecule has 0 unspecified atom stereocenters. The molecule has 19 nitrogen and oxygen atoms in total. The Morgan fingerprint density at radius 3 is 2.37 bits per heavy atom. The van der Waals surface area contributed by atoms with Crippen LogP contribution in [0.2, 0.25) is 0 Å². The predicted octanol–water partition coefficient (Wildman–Crippen LogP) is 2.97. The van der Waals surface area contributed by atoms with E-state index in [2.05, 4.69) is 30.5 Å². The summed E-state index contributed by atoms with van der Waals surface area (Å²) in [6.07, 6.45) is 5.25. The summed E-state index contributed by atoms with van der Waals surface area (Å²) in [5.41, 5.74) is 14.0. The van der Waals surface area contributed by atoms with Gasteiger partial charge in [0.15, 0.2) is 4.80 Å². The first kappa shape index (κ1) is 40.0. The van der Waals surface area contributed by atoms with Crippen LogP contribution in [0, 0.1) is 6.92 Å². The molecule has 0 atom stereocenters. The molecule has 20 heteroatoms. The van der Waals surface area contributed by atoms with E-state index in [1.165, 1.54) is 47.7 Å². The van der Waals surface area contributed by atoms with Crippen LogP contribution >= 0.6 is 11.3 Å². The number of rotatable bonds is 16. The third kappa shape index (κ3) is 8.31. The molecule has 0 bridgehead atoms. The van der Waals surface area contributed by atoms with Crippen LogP contribution in [0.25, 0.3) is 21.3 Å². The van der Waals surface area contributed by atoms with Crippen molar-refractivity contribution in [1.29, 1.82) is 0 Å². The fourth-order valence-electron chi connectivity index (χ4n) is 6.14. The number of nitrogens with zero attached hydrogens (tertiary/aromatic N) is 9. The standard InChI is InChI=1S/C37H42N12O7S/c1-6-48-25(14-21(4)45-48)34(53)44-37-47(30-26(55-5)16-23(32(39)52)18-28(30)57-37)11-8-7-10-46-29-24(15-22(31(38)51)17-27(29)56-13-9-12-50)42-36(46)43-35(54)33-40-19-41-49(33)20(2)3/h7-8,14-20,50H,6,9-13H2,1-5H3,(H2,38,51)(H2,39,52)(H,42,43,54)/b8-7+,44-37-. The Hall–Kier alpha value is -6.67. The third-order valence-electron chi connectivity index (χ3n) is 8.75. The molecule has 4 aromatic heterocycles. The minimum atomic E-state index is -0.707. The topological polar surface area (TPSA) is 255 Å². The molecular formula is C37H42N12O7S. The molecule has 0 radical (unpaired) electrons. The highest BCUT2D eigenvalue weighted by atomic mass is 32.1. The first-order chi connectivity index (χ1) is 27.3. The number of aromatic nitrogens is 8. The number of hydrogen-bond acceptors (Lipinski definition) is 12. The van der Waals surface area contributed by atoms with E-state index in [1.807, 2.05) is 32.9 Å². The van der Waals surface area contributed by atoms with Gasteiger partial charge in [0.1, 0.15) is 34.6 Å². The molecule has 2 aromatic carbocycles. The van der Waals surface area contributed by atoms with Gasteiger partial charge in [-0.05, 0) is 58.0 Å². The molecule has 0 spiro atoms. The van der Waals surface area contributed by atoms with Gasteiger partial charge in [-0.15, -0.1) is 0 Å². The number of nitrogens with two attached hydrogens (primary N) is 2. The van der Waals surface area contributed by atoms with Gasteiger partial charge in [0.05, 0.1) is 29.6 Å². The number of ether oxygens (including phenoxy) is 2. The molecule has 298 valence electrons. The average Bonchev–Trinajstić information content (AvgIpc) is 3.97. The molecule has 0 saturated heterocycles. The van der Waals surface area contributed by atoms with Crippen LogP contribution in [0.3, 0.4) is 0 Å². The number of anilines is 1. The Balaban J connectivity index is 1.44. The number of hydrogen-bond donors (Lipinski definition) is 4. The molecule has 0 aliphatic rings. The lowest BCUT2D eigenvalue weighted by atomic mass is 10.1. The second kappa shape index (κ2) is 17.0. The van der Waals surface area contributed by atoms with E-state index in [4.69, 9.17) is 20.9 Å². The Kier molecular flexibility index (Phi) is 11.9. The number of primary amides is 2. The van der Waals surface area contributed by atoms with E-state index in [-0.39, 0.29) is 61.0 Å². The first-order valence-electron chi connectivity index (χ1n) is 17.9. The smallest absolute Gasteiger partial charge is 0.297 e. The zero-order valence-electron chi connectivity index (χ0n) is 31.9. The number of thiazole rings is 1. The fraction of sp³-hybridized carbons (Fsp3) is 0.324. The van der Waals surface area contributed by atoms with Crippen molar-refractivity contribution in [1.82, 2.24) is 38.7 Å². The molecule has 0 aliphatic carbocycles. The van der Waals surface area contributed by atoms with Crippen molar-refractivity contribution >= 4 is 62.2 Å². The number of benzene rings is 2. The van der Waals surface area contributed by atoms with Gasteiger partial charge < -0.3 is 35.2 Å². The van der Waals surface area contributed by atoms with Gasteiger partial charge >= 0.3 is 0 Å². The van der Waals surface area contributed by atoms with Gasteiger partial charge in [-0.2, -0.15) is 15.2 Å². The lowest BCUT2D eigenvalue weighted by Crippen LogP contribution is -2.22. The van der Waals surface area contributed by atoms with Crippen LogP contribution in [0.15, 0.2) is 53.8 Å². The number of amides is 4. The Morgan fingerprint density at radius 1 is 1.00 bits per heavy atom. The van der Waals surface area contributed by atoms with Gasteiger partial charge in [0, 0.05) is 49.8 Å². The van der Waals surface area contributed by atoms with Gasteiger partial charge in [-0.25, -0.2) is 14.6 Å². The third-order valence-corrected chi connectivity index (χ3v) is 9.77. The summed E-state index contributed by atoms with van der Waals surface area (Å²) in [6, 6.07) is 7.66. The lowest BCUT2D eigenvalue weighted by Gasteiger charge is -2.13. The molecule has 0 aliphatic heterocycles. The van der Waals surface area contributed by atoms with Crippen LogP contribution in [-0.4, -0.2) is 87.7 Å². The molecule has 4 heterocycles. The average molecular weight is 799 g/mol. The number of aliphatic hydroxyl groups is 1. The normalized spacial score (nSPS) is 12.0. The maximum atomic E-state index is 13.6. The van der Waals surface area contributed by atoms with Crippen molar-refractivity contribution < 1.29 is 33.8 Å². The molecular weight excluding hydrogens is 757 g/mol. The molecule has 6 rings (SSSR count).